The average molecular weight is 451 g/mol. The first kappa shape index (κ1) is 20.2. The van der Waals surface area contributed by atoms with Gasteiger partial charge in [0.15, 0.2) is 0 Å². The number of aromatic amines is 1. The summed E-state index contributed by atoms with van der Waals surface area (Å²) in [5.74, 6) is -0.662. The van der Waals surface area contributed by atoms with E-state index in [1.165, 1.54) is 12.0 Å². The maximum Gasteiger partial charge on any atom is 0.337 e. The Bertz CT molecular complexity index is 1440. The lowest BCUT2D eigenvalue weighted by molar-refractivity contribution is -0.120. The molecule has 3 amide bonds. The minimum absolute atomic E-state index is 0.233. The smallest absolute Gasteiger partial charge is 0.337 e. The van der Waals surface area contributed by atoms with Gasteiger partial charge in [-0.2, -0.15) is 0 Å². The molecule has 0 spiro atoms. The zero-order valence-corrected chi connectivity index (χ0v) is 18.4. The predicted octanol–water partition coefficient (Wildman–Crippen LogP) is 4.44. The van der Waals surface area contributed by atoms with E-state index >= 15 is 0 Å². The normalized spacial score (nSPS) is 19.3. The molecule has 0 bridgehead atoms. The molecule has 4 aromatic rings. The van der Waals surface area contributed by atoms with Gasteiger partial charge in [0, 0.05) is 23.0 Å². The van der Waals surface area contributed by atoms with Crippen molar-refractivity contribution >= 4 is 34.5 Å². The molecular weight excluding hydrogens is 430 g/mol. The van der Waals surface area contributed by atoms with E-state index in [-0.39, 0.29) is 11.9 Å². The maximum absolute atomic E-state index is 13.7. The van der Waals surface area contributed by atoms with Crippen LogP contribution in [0.3, 0.4) is 0 Å². The van der Waals surface area contributed by atoms with Gasteiger partial charge in [0.2, 0.25) is 0 Å². The van der Waals surface area contributed by atoms with E-state index in [2.05, 4.69) is 4.98 Å². The fourth-order valence-corrected chi connectivity index (χ4v) is 5.16. The van der Waals surface area contributed by atoms with E-state index in [1.807, 2.05) is 54.6 Å². The molecule has 2 aliphatic rings. The topological polar surface area (TPSA) is 82.7 Å². The van der Waals surface area contributed by atoms with Gasteiger partial charge in [0.25, 0.3) is 5.91 Å². The molecular formula is C27H21N3O4. The van der Waals surface area contributed by atoms with Crippen molar-refractivity contribution in [3.05, 3.63) is 101 Å². The molecule has 0 saturated carbocycles. The highest BCUT2D eigenvalue weighted by Crippen LogP contribution is 2.44. The second kappa shape index (κ2) is 7.59. The summed E-state index contributed by atoms with van der Waals surface area (Å²) in [5.41, 5.74) is 4.67. The molecule has 3 aromatic carbocycles. The Morgan fingerprint density at radius 2 is 1.65 bits per heavy atom. The quantitative estimate of drug-likeness (QED) is 0.369. The Morgan fingerprint density at radius 3 is 2.38 bits per heavy atom. The number of fused-ring (bicyclic) bond motifs is 4. The van der Waals surface area contributed by atoms with Crippen molar-refractivity contribution in [1.29, 1.82) is 0 Å². The lowest BCUT2D eigenvalue weighted by Crippen LogP contribution is -2.44. The van der Waals surface area contributed by atoms with Crippen molar-refractivity contribution in [2.45, 2.75) is 18.5 Å². The first-order valence-corrected chi connectivity index (χ1v) is 11.1. The molecule has 1 aromatic heterocycles. The van der Waals surface area contributed by atoms with Crippen LogP contribution in [0.15, 0.2) is 78.9 Å². The lowest BCUT2D eigenvalue weighted by atomic mass is 9.88. The molecule has 1 saturated heterocycles. The molecule has 0 radical (unpaired) electrons. The fourth-order valence-electron chi connectivity index (χ4n) is 5.16. The Balaban J connectivity index is 1.52. The standard InChI is InChI=1S/C27H21N3O4/c1-34-26(32)17-13-11-16(12-14-17)24-23-20(19-9-5-6-10-21(19)28-23)15-22-25(31)29(27(33)30(22)24)18-7-3-2-4-8-18/h2-14,22,24,28H,15H2,1H3. The van der Waals surface area contributed by atoms with Gasteiger partial charge in [-0.15, -0.1) is 0 Å². The van der Waals surface area contributed by atoms with Crippen LogP contribution in [-0.2, 0) is 16.0 Å². The van der Waals surface area contributed by atoms with Gasteiger partial charge in [-0.25, -0.2) is 14.5 Å². The van der Waals surface area contributed by atoms with Crippen LogP contribution in [0.2, 0.25) is 0 Å². The van der Waals surface area contributed by atoms with Crippen molar-refractivity contribution in [3.63, 3.8) is 0 Å². The molecule has 2 aliphatic heterocycles. The van der Waals surface area contributed by atoms with Crippen LogP contribution in [0.4, 0.5) is 10.5 Å². The first-order valence-electron chi connectivity index (χ1n) is 11.1. The number of para-hydroxylation sites is 2. The van der Waals surface area contributed by atoms with Gasteiger partial charge in [-0.3, -0.25) is 9.69 Å². The number of aromatic nitrogens is 1. The van der Waals surface area contributed by atoms with E-state index in [0.29, 0.717) is 17.7 Å². The van der Waals surface area contributed by atoms with Crippen LogP contribution in [0, 0.1) is 0 Å². The molecule has 1 N–H and O–H groups in total. The first-order chi connectivity index (χ1) is 16.6. The number of rotatable bonds is 3. The molecule has 168 valence electrons. The van der Waals surface area contributed by atoms with E-state index in [1.54, 1.807) is 29.2 Å². The van der Waals surface area contributed by atoms with Gasteiger partial charge in [0.05, 0.1) is 18.4 Å². The van der Waals surface area contributed by atoms with Crippen LogP contribution in [0.25, 0.3) is 10.9 Å². The van der Waals surface area contributed by atoms with Gasteiger partial charge in [-0.1, -0.05) is 48.5 Å². The van der Waals surface area contributed by atoms with Crippen molar-refractivity contribution in [3.8, 4) is 0 Å². The van der Waals surface area contributed by atoms with Gasteiger partial charge < -0.3 is 9.72 Å². The molecule has 2 unspecified atom stereocenters. The zero-order chi connectivity index (χ0) is 23.4. The number of H-pyrrole nitrogens is 1. The molecule has 34 heavy (non-hydrogen) atoms. The summed E-state index contributed by atoms with van der Waals surface area (Å²) in [6.07, 6.45) is 0.435. The highest BCUT2D eigenvalue weighted by molar-refractivity contribution is 6.22. The molecule has 3 heterocycles. The third kappa shape index (κ3) is 2.86. The predicted molar refractivity (Wildman–Crippen MR) is 127 cm³/mol. The fraction of sp³-hybridized carbons (Fsp3) is 0.148. The third-order valence-corrected chi connectivity index (χ3v) is 6.71. The minimum atomic E-state index is -0.621. The number of hydrogen-bond acceptors (Lipinski definition) is 4. The summed E-state index contributed by atoms with van der Waals surface area (Å²) in [6.45, 7) is 0. The second-order valence-corrected chi connectivity index (χ2v) is 8.50. The van der Waals surface area contributed by atoms with Gasteiger partial charge >= 0.3 is 12.0 Å². The van der Waals surface area contributed by atoms with Crippen molar-refractivity contribution in [1.82, 2.24) is 9.88 Å². The summed E-state index contributed by atoms with van der Waals surface area (Å²) in [4.78, 5) is 45.7. The number of methoxy groups -OCH3 is 1. The van der Waals surface area contributed by atoms with Gasteiger partial charge in [0.1, 0.15) is 12.1 Å². The summed E-state index contributed by atoms with van der Waals surface area (Å²) < 4.78 is 4.82. The maximum atomic E-state index is 13.7. The van der Waals surface area contributed by atoms with E-state index < -0.39 is 18.1 Å². The number of carbonyl (C=O) groups is 3. The zero-order valence-electron chi connectivity index (χ0n) is 18.4. The van der Waals surface area contributed by atoms with Crippen LogP contribution < -0.4 is 4.90 Å². The Kier molecular flexibility index (Phi) is 4.52. The van der Waals surface area contributed by atoms with Crippen LogP contribution >= 0.6 is 0 Å². The summed E-state index contributed by atoms with van der Waals surface area (Å²) in [6, 6.07) is 22.5. The number of imide groups is 1. The van der Waals surface area contributed by atoms with Crippen LogP contribution in [-0.4, -0.2) is 40.9 Å². The number of nitrogens with one attached hydrogen (secondary N) is 1. The molecule has 7 heteroatoms. The average Bonchev–Trinajstić information content (AvgIpc) is 3.37. The Morgan fingerprint density at radius 1 is 0.941 bits per heavy atom. The van der Waals surface area contributed by atoms with Gasteiger partial charge in [-0.05, 0) is 41.5 Å². The second-order valence-electron chi connectivity index (χ2n) is 8.50. The Hall–Kier alpha value is -4.39. The number of ether oxygens (including phenoxy) is 1. The summed E-state index contributed by atoms with van der Waals surface area (Å²) >= 11 is 0. The number of esters is 1. The van der Waals surface area contributed by atoms with E-state index in [4.69, 9.17) is 4.74 Å². The molecule has 1 fully saturated rings. The van der Waals surface area contributed by atoms with E-state index in [0.717, 1.165) is 27.7 Å². The van der Waals surface area contributed by atoms with Crippen molar-refractivity contribution in [2.24, 2.45) is 0 Å². The SMILES string of the molecule is COC(=O)c1ccc(C2c3[nH]c4ccccc4c3CC3C(=O)N(c4ccccc4)C(=O)N32)cc1. The monoisotopic (exact) mass is 451 g/mol. The largest absolute Gasteiger partial charge is 0.465 e. The minimum Gasteiger partial charge on any atom is -0.465 e. The summed E-state index contributed by atoms with van der Waals surface area (Å²) in [5, 5.41) is 1.05. The molecule has 6 rings (SSSR count). The Labute approximate surface area is 195 Å². The summed E-state index contributed by atoms with van der Waals surface area (Å²) in [7, 11) is 1.34. The number of anilines is 1. The van der Waals surface area contributed by atoms with E-state index in [9.17, 15) is 14.4 Å². The number of amides is 3. The molecule has 0 aliphatic carbocycles. The van der Waals surface area contributed by atoms with Crippen molar-refractivity contribution < 1.29 is 19.1 Å². The molecule has 7 nitrogen and oxygen atoms in total. The van der Waals surface area contributed by atoms with Crippen molar-refractivity contribution in [2.75, 3.05) is 12.0 Å². The highest BCUT2D eigenvalue weighted by atomic mass is 16.5. The van der Waals surface area contributed by atoms with Crippen LogP contribution in [0.1, 0.15) is 33.2 Å². The van der Waals surface area contributed by atoms with Crippen LogP contribution in [0.5, 0.6) is 0 Å². The molecule has 2 atom stereocenters. The number of nitrogens with zero attached hydrogens (tertiary/aromatic N) is 2. The number of hydrogen-bond donors (Lipinski definition) is 1. The number of urea groups is 1. The lowest BCUT2D eigenvalue weighted by Gasteiger charge is -2.36. The number of carbonyl (C=O) groups excluding carboxylic acids is 3. The number of benzene rings is 3. The highest BCUT2D eigenvalue weighted by Gasteiger charge is 2.53. The third-order valence-electron chi connectivity index (χ3n) is 6.71.